The Morgan fingerprint density at radius 3 is 2.61 bits per heavy atom. The van der Waals surface area contributed by atoms with Crippen LogP contribution in [-0.2, 0) is 4.74 Å². The highest BCUT2D eigenvalue weighted by molar-refractivity contribution is 6.32. The number of methoxy groups -OCH3 is 1. The minimum absolute atomic E-state index is 0.267. The second-order valence-corrected chi connectivity index (χ2v) is 4.83. The van der Waals surface area contributed by atoms with Crippen molar-refractivity contribution in [2.24, 2.45) is 5.16 Å². The van der Waals surface area contributed by atoms with Gasteiger partial charge in [0.25, 0.3) is 0 Å². The molecule has 0 radical (unpaired) electrons. The highest BCUT2D eigenvalue weighted by atomic mass is 35.5. The van der Waals surface area contributed by atoms with E-state index in [2.05, 4.69) is 15.4 Å². The molecule has 1 N–H and O–H groups in total. The Labute approximate surface area is 138 Å². The molecule has 0 bridgehead atoms. The van der Waals surface area contributed by atoms with Crippen LogP contribution >= 0.6 is 11.6 Å². The number of oxime groups is 1. The van der Waals surface area contributed by atoms with Crippen molar-refractivity contribution < 1.29 is 19.2 Å². The number of carbonyl (C=O) groups excluding carboxylic acids is 1. The topological polar surface area (TPSA) is 69.2 Å². The first-order chi connectivity index (χ1) is 11.1. The molecule has 2 aromatic carbocycles. The quantitative estimate of drug-likeness (QED) is 0.667. The van der Waals surface area contributed by atoms with Crippen LogP contribution in [0.5, 0.6) is 11.5 Å². The number of para-hydroxylation sites is 1. The molecule has 0 aliphatic rings. The van der Waals surface area contributed by atoms with Crippen LogP contribution in [-0.4, -0.2) is 18.9 Å². The van der Waals surface area contributed by atoms with Gasteiger partial charge >= 0.3 is 6.09 Å². The van der Waals surface area contributed by atoms with Crippen LogP contribution in [0.15, 0.2) is 53.7 Å². The lowest BCUT2D eigenvalue weighted by Gasteiger charge is -2.09. The van der Waals surface area contributed by atoms with Crippen molar-refractivity contribution in [2.45, 2.75) is 6.92 Å². The summed E-state index contributed by atoms with van der Waals surface area (Å²) in [4.78, 5) is 21.5. The molecule has 0 atom stereocenters. The van der Waals surface area contributed by atoms with Crippen molar-refractivity contribution >= 4 is 23.4 Å². The Balaban J connectivity index is 2.11. The molecule has 0 aliphatic heterocycles. The van der Waals surface area contributed by atoms with E-state index in [0.717, 1.165) is 5.56 Å². The van der Waals surface area contributed by atoms with E-state index in [9.17, 15) is 4.79 Å². The van der Waals surface area contributed by atoms with Gasteiger partial charge in [0, 0.05) is 5.56 Å². The third kappa shape index (κ3) is 4.89. The van der Waals surface area contributed by atoms with Gasteiger partial charge in [0.1, 0.15) is 0 Å². The van der Waals surface area contributed by atoms with Crippen molar-refractivity contribution in [3.63, 3.8) is 0 Å². The van der Waals surface area contributed by atoms with E-state index in [0.29, 0.717) is 16.5 Å². The van der Waals surface area contributed by atoms with Gasteiger partial charge in [0.2, 0.25) is 0 Å². The molecule has 1 amide bonds. The number of benzene rings is 2. The van der Waals surface area contributed by atoms with Gasteiger partial charge in [0.15, 0.2) is 11.5 Å². The normalized spacial score (nSPS) is 10.8. The monoisotopic (exact) mass is 334 g/mol. The second kappa shape index (κ2) is 8.05. The average Bonchev–Trinajstić information content (AvgIpc) is 2.59. The third-order valence-electron chi connectivity index (χ3n) is 2.81. The number of amides is 1. The zero-order valence-corrected chi connectivity index (χ0v) is 13.3. The molecule has 0 heterocycles. The molecule has 7 heteroatoms. The molecule has 2 rings (SSSR count). The molecular weight excluding hydrogens is 320 g/mol. The van der Waals surface area contributed by atoms with E-state index >= 15 is 0 Å². The summed E-state index contributed by atoms with van der Waals surface area (Å²) in [5, 5.41) is 4.39. The highest BCUT2D eigenvalue weighted by Crippen LogP contribution is 2.25. The molecule has 0 aromatic heterocycles. The number of halogens is 1. The number of rotatable bonds is 5. The number of carbonyl (C=O) groups is 1. The fourth-order valence-electron chi connectivity index (χ4n) is 1.60. The van der Waals surface area contributed by atoms with E-state index in [1.807, 2.05) is 18.2 Å². The Bertz CT molecular complexity index is 704. The van der Waals surface area contributed by atoms with E-state index in [1.165, 1.54) is 7.11 Å². The number of hydroxylamine groups is 1. The summed E-state index contributed by atoms with van der Waals surface area (Å²) in [5.74, 6) is 0.897. The smallest absolute Gasteiger partial charge is 0.440 e. The van der Waals surface area contributed by atoms with Crippen LogP contribution in [0, 0.1) is 0 Å². The number of hydrogen-bond acceptors (Lipinski definition) is 5. The van der Waals surface area contributed by atoms with Gasteiger partial charge in [-0.2, -0.15) is 5.48 Å². The Morgan fingerprint density at radius 1 is 1.17 bits per heavy atom. The lowest BCUT2D eigenvalue weighted by atomic mass is 10.1. The van der Waals surface area contributed by atoms with Crippen LogP contribution in [0.3, 0.4) is 0 Å². The number of hydrogen-bond donors (Lipinski definition) is 1. The first-order valence-corrected chi connectivity index (χ1v) is 7.05. The summed E-state index contributed by atoms with van der Waals surface area (Å²) in [6.07, 6.45) is -0.732. The molecular formula is C16H15ClN2O4. The van der Waals surface area contributed by atoms with Crippen molar-refractivity contribution in [1.29, 1.82) is 0 Å². The van der Waals surface area contributed by atoms with Gasteiger partial charge < -0.3 is 14.4 Å². The second-order valence-electron chi connectivity index (χ2n) is 4.42. The van der Waals surface area contributed by atoms with Crippen LogP contribution in [0.2, 0.25) is 5.02 Å². The van der Waals surface area contributed by atoms with E-state index in [4.69, 9.17) is 21.3 Å². The van der Waals surface area contributed by atoms with Crippen molar-refractivity contribution in [2.75, 3.05) is 7.11 Å². The minimum Gasteiger partial charge on any atom is -0.451 e. The molecule has 0 saturated heterocycles. The maximum absolute atomic E-state index is 11.0. The van der Waals surface area contributed by atoms with Crippen molar-refractivity contribution in [3.05, 3.63) is 59.1 Å². The lowest BCUT2D eigenvalue weighted by molar-refractivity contribution is 0.118. The van der Waals surface area contributed by atoms with E-state index in [-0.39, 0.29) is 5.75 Å². The van der Waals surface area contributed by atoms with Gasteiger partial charge in [-0.3, -0.25) is 0 Å². The molecule has 0 spiro atoms. The third-order valence-corrected chi connectivity index (χ3v) is 3.12. The van der Waals surface area contributed by atoms with Crippen LogP contribution in [0.4, 0.5) is 4.79 Å². The SMILES string of the molecule is COC(=O)NOc1cc(/C(C)=N/Oc2ccccc2)ccc1Cl. The molecule has 2 aromatic rings. The summed E-state index contributed by atoms with van der Waals surface area (Å²) in [6.45, 7) is 1.78. The lowest BCUT2D eigenvalue weighted by Crippen LogP contribution is -2.26. The predicted octanol–water partition coefficient (Wildman–Crippen LogP) is 3.79. The number of nitrogens with one attached hydrogen (secondary N) is 1. The summed E-state index contributed by atoms with van der Waals surface area (Å²) < 4.78 is 4.42. The minimum atomic E-state index is -0.732. The van der Waals surface area contributed by atoms with Crippen LogP contribution in [0.1, 0.15) is 12.5 Å². The van der Waals surface area contributed by atoms with Crippen molar-refractivity contribution in [3.8, 4) is 11.5 Å². The molecule has 23 heavy (non-hydrogen) atoms. The predicted molar refractivity (Wildman–Crippen MR) is 86.9 cm³/mol. The first kappa shape index (κ1) is 16.6. The molecule has 0 fully saturated rings. The van der Waals surface area contributed by atoms with Gasteiger partial charge in [-0.1, -0.05) is 41.0 Å². The number of ether oxygens (including phenoxy) is 1. The van der Waals surface area contributed by atoms with Gasteiger partial charge in [0.05, 0.1) is 17.8 Å². The maximum atomic E-state index is 11.0. The highest BCUT2D eigenvalue weighted by Gasteiger charge is 2.08. The van der Waals surface area contributed by atoms with Gasteiger partial charge in [-0.05, 0) is 31.2 Å². The zero-order valence-electron chi connectivity index (χ0n) is 12.6. The average molecular weight is 335 g/mol. The summed E-state index contributed by atoms with van der Waals surface area (Å²) in [6, 6.07) is 14.2. The van der Waals surface area contributed by atoms with Crippen molar-refractivity contribution in [1.82, 2.24) is 5.48 Å². The summed E-state index contributed by atoms with van der Waals surface area (Å²) in [7, 11) is 1.23. The van der Waals surface area contributed by atoms with E-state index < -0.39 is 6.09 Å². The summed E-state index contributed by atoms with van der Waals surface area (Å²) in [5.41, 5.74) is 3.44. The molecule has 6 nitrogen and oxygen atoms in total. The molecule has 0 saturated carbocycles. The van der Waals surface area contributed by atoms with Gasteiger partial charge in [-0.15, -0.1) is 0 Å². The fraction of sp³-hybridized carbons (Fsp3) is 0.125. The van der Waals surface area contributed by atoms with E-state index in [1.54, 1.807) is 37.3 Å². The number of nitrogens with zero attached hydrogens (tertiary/aromatic N) is 1. The summed E-state index contributed by atoms with van der Waals surface area (Å²) >= 11 is 6.01. The first-order valence-electron chi connectivity index (χ1n) is 6.67. The largest absolute Gasteiger partial charge is 0.451 e. The van der Waals surface area contributed by atoms with Crippen LogP contribution < -0.4 is 15.2 Å². The van der Waals surface area contributed by atoms with Gasteiger partial charge in [-0.25, -0.2) is 4.79 Å². The molecule has 0 unspecified atom stereocenters. The van der Waals surface area contributed by atoms with Crippen LogP contribution in [0.25, 0.3) is 0 Å². The Morgan fingerprint density at radius 2 is 1.91 bits per heavy atom. The molecule has 120 valence electrons. The zero-order chi connectivity index (χ0) is 16.7. The maximum Gasteiger partial charge on any atom is 0.440 e. The Kier molecular flexibility index (Phi) is 5.82. The fourth-order valence-corrected chi connectivity index (χ4v) is 1.76. The molecule has 0 aliphatic carbocycles. The Hall–Kier alpha value is -2.73. The standard InChI is InChI=1S/C16H15ClN2O4/c1-11(18-22-13-6-4-3-5-7-13)12-8-9-14(17)15(10-12)23-19-16(20)21-2/h3-10H,1-2H3,(H,19,20)/b18-11+.